The first-order valence-electron chi connectivity index (χ1n) is 11.3. The number of halogens is 1. The van der Waals surface area contributed by atoms with Crippen LogP contribution >= 0.6 is 0 Å². The van der Waals surface area contributed by atoms with Crippen LogP contribution in [-0.2, 0) is 22.5 Å². The van der Waals surface area contributed by atoms with E-state index in [1.807, 2.05) is 31.2 Å². The lowest BCUT2D eigenvalue weighted by molar-refractivity contribution is -0.119. The number of fused-ring (bicyclic) bond motifs is 2. The number of methoxy groups -OCH3 is 1. The molecule has 2 unspecified atom stereocenters. The molecule has 2 aromatic carbocycles. The predicted octanol–water partition coefficient (Wildman–Crippen LogP) is 3.60. The third kappa shape index (κ3) is 3.73. The third-order valence-corrected chi connectivity index (χ3v) is 7.20. The van der Waals surface area contributed by atoms with Gasteiger partial charge in [-0.05, 0) is 43.2 Å². The summed E-state index contributed by atoms with van der Waals surface area (Å²) >= 11 is 0. The number of rotatable bonds is 6. The summed E-state index contributed by atoms with van der Waals surface area (Å²) in [7, 11) is 1.58. The quantitative estimate of drug-likeness (QED) is 0.649. The van der Waals surface area contributed by atoms with Crippen LogP contribution in [0.15, 0.2) is 36.4 Å². The fourth-order valence-corrected chi connectivity index (χ4v) is 5.10. The number of amides is 2. The van der Waals surface area contributed by atoms with E-state index in [0.29, 0.717) is 36.4 Å². The van der Waals surface area contributed by atoms with Gasteiger partial charge in [-0.2, -0.15) is 0 Å². The Labute approximate surface area is 196 Å². The van der Waals surface area contributed by atoms with E-state index in [2.05, 4.69) is 0 Å². The fraction of sp³-hybridized carbons (Fsp3) is 0.440. The molecule has 2 saturated heterocycles. The second kappa shape index (κ2) is 8.16. The van der Waals surface area contributed by atoms with Gasteiger partial charge in [0.05, 0.1) is 25.9 Å². The zero-order valence-electron chi connectivity index (χ0n) is 19.2. The van der Waals surface area contributed by atoms with Crippen LogP contribution in [0, 0.1) is 5.82 Å². The van der Waals surface area contributed by atoms with E-state index in [-0.39, 0.29) is 37.7 Å². The second-order valence-corrected chi connectivity index (χ2v) is 9.27. The Balaban J connectivity index is 1.36. The summed E-state index contributed by atoms with van der Waals surface area (Å²) in [6.07, 6.45) is 0.218. The summed E-state index contributed by atoms with van der Waals surface area (Å²) in [6, 6.07) is 10.2. The predicted molar refractivity (Wildman–Crippen MR) is 121 cm³/mol. The van der Waals surface area contributed by atoms with Gasteiger partial charge >= 0.3 is 6.09 Å². The fourth-order valence-electron chi connectivity index (χ4n) is 5.10. The number of anilines is 1. The summed E-state index contributed by atoms with van der Waals surface area (Å²) in [6.45, 7) is 3.03. The van der Waals surface area contributed by atoms with Gasteiger partial charge in [-0.1, -0.05) is 12.1 Å². The molecule has 3 aliphatic heterocycles. The van der Waals surface area contributed by atoms with Crippen LogP contribution in [0.3, 0.4) is 0 Å². The van der Waals surface area contributed by atoms with E-state index >= 15 is 0 Å². The molecule has 5 rings (SSSR count). The van der Waals surface area contributed by atoms with Crippen molar-refractivity contribution in [2.45, 2.75) is 43.9 Å². The molecule has 0 radical (unpaired) electrons. The Morgan fingerprint density at radius 2 is 1.97 bits per heavy atom. The van der Waals surface area contributed by atoms with Crippen molar-refractivity contribution in [3.63, 3.8) is 0 Å². The highest BCUT2D eigenvalue weighted by molar-refractivity contribution is 5.97. The summed E-state index contributed by atoms with van der Waals surface area (Å²) in [5, 5.41) is 9.28. The molecule has 2 aromatic rings. The second-order valence-electron chi connectivity index (χ2n) is 9.27. The van der Waals surface area contributed by atoms with E-state index in [4.69, 9.17) is 14.2 Å². The number of ether oxygens (including phenoxy) is 3. The number of carboxylic acid groups (broad SMARTS) is 1. The molecule has 0 bridgehead atoms. The highest BCUT2D eigenvalue weighted by Gasteiger charge is 2.70. The highest BCUT2D eigenvalue weighted by Crippen LogP contribution is 2.54. The molecule has 1 N–H and O–H groups in total. The summed E-state index contributed by atoms with van der Waals surface area (Å²) in [4.78, 5) is 26.9. The molecular formula is C25H27FN2O6. The number of hydrogen-bond donors (Lipinski definition) is 1. The topological polar surface area (TPSA) is 91.8 Å². The van der Waals surface area contributed by atoms with Gasteiger partial charge in [0.15, 0.2) is 0 Å². The molecule has 0 aromatic heterocycles. The number of nitrogens with zero attached hydrogens (tertiary/aromatic N) is 2. The number of benzene rings is 2. The first-order chi connectivity index (χ1) is 16.2. The van der Waals surface area contributed by atoms with E-state index < -0.39 is 23.1 Å². The minimum atomic E-state index is -0.958. The molecule has 180 valence electrons. The Hall–Kier alpha value is -3.33. The molecule has 0 aliphatic carbocycles. The van der Waals surface area contributed by atoms with Crippen LogP contribution in [0.5, 0.6) is 11.5 Å². The minimum absolute atomic E-state index is 0.142. The van der Waals surface area contributed by atoms with Crippen molar-refractivity contribution >= 4 is 17.7 Å². The lowest BCUT2D eigenvalue weighted by atomic mass is 9.87. The maximum atomic E-state index is 15.0. The van der Waals surface area contributed by atoms with Crippen LogP contribution in [0.1, 0.15) is 30.9 Å². The van der Waals surface area contributed by atoms with E-state index in [9.17, 15) is 19.1 Å². The zero-order chi connectivity index (χ0) is 24.1. The summed E-state index contributed by atoms with van der Waals surface area (Å²) in [5.41, 5.74) is 0.615. The van der Waals surface area contributed by atoms with Gasteiger partial charge in [-0.25, -0.2) is 9.18 Å². The molecular weight excluding hydrogens is 443 g/mol. The average Bonchev–Trinajstić information content (AvgIpc) is 3.45. The van der Waals surface area contributed by atoms with Crippen LogP contribution < -0.4 is 14.4 Å². The van der Waals surface area contributed by atoms with Gasteiger partial charge in [-0.3, -0.25) is 4.79 Å². The first kappa shape index (κ1) is 22.5. The third-order valence-electron chi connectivity index (χ3n) is 7.20. The largest absolute Gasteiger partial charge is 0.497 e. The number of likely N-dealkylation sites (tertiary alicyclic amines) is 1. The molecule has 2 fully saturated rings. The molecule has 9 heteroatoms. The molecule has 8 nitrogen and oxygen atoms in total. The van der Waals surface area contributed by atoms with Gasteiger partial charge in [0, 0.05) is 24.9 Å². The van der Waals surface area contributed by atoms with Gasteiger partial charge in [0.2, 0.25) is 5.91 Å². The molecule has 3 heterocycles. The highest BCUT2D eigenvalue weighted by atomic mass is 19.1. The van der Waals surface area contributed by atoms with Crippen molar-refractivity contribution in [3.8, 4) is 11.5 Å². The lowest BCUT2D eigenvalue weighted by Gasteiger charge is -2.32. The van der Waals surface area contributed by atoms with E-state index in [1.165, 1.54) is 15.9 Å². The van der Waals surface area contributed by atoms with Crippen molar-refractivity contribution in [1.29, 1.82) is 0 Å². The van der Waals surface area contributed by atoms with E-state index in [0.717, 1.165) is 5.56 Å². The van der Waals surface area contributed by atoms with Crippen LogP contribution in [0.4, 0.5) is 14.9 Å². The number of carbonyl (C=O) groups is 2. The lowest BCUT2D eigenvalue weighted by Crippen LogP contribution is -2.49. The molecule has 2 atom stereocenters. The number of carbonyl (C=O) groups excluding carboxylic acids is 1. The first-order valence-corrected chi connectivity index (χ1v) is 11.3. The minimum Gasteiger partial charge on any atom is -0.497 e. The van der Waals surface area contributed by atoms with Gasteiger partial charge < -0.3 is 29.1 Å². The van der Waals surface area contributed by atoms with Gasteiger partial charge in [-0.15, -0.1) is 0 Å². The zero-order valence-corrected chi connectivity index (χ0v) is 19.2. The smallest absolute Gasteiger partial charge is 0.407 e. The summed E-state index contributed by atoms with van der Waals surface area (Å²) < 4.78 is 32.3. The normalized spacial score (nSPS) is 25.4. The van der Waals surface area contributed by atoms with E-state index in [1.54, 1.807) is 13.2 Å². The van der Waals surface area contributed by atoms with Crippen LogP contribution in [0.25, 0.3) is 0 Å². The van der Waals surface area contributed by atoms with Crippen molar-refractivity contribution in [2.75, 3.05) is 31.7 Å². The maximum Gasteiger partial charge on any atom is 0.407 e. The standard InChI is InChI=1S/C25H27FN2O6/c1-24-14-27(23(30)31)12-11-25(24,34-24)15-33-20-9-8-19(26)22-18(20)7-10-21(29)28(22)13-16-3-5-17(32-2)6-4-16/h3-6,8-9H,7,10-15H2,1-2H3,(H,30,31). The molecule has 0 saturated carbocycles. The molecule has 0 spiro atoms. The Kier molecular flexibility index (Phi) is 5.39. The van der Waals surface area contributed by atoms with Crippen molar-refractivity contribution in [3.05, 3.63) is 53.3 Å². The molecule has 2 amide bonds. The number of hydrogen-bond acceptors (Lipinski definition) is 5. The molecule has 34 heavy (non-hydrogen) atoms. The maximum absolute atomic E-state index is 15.0. The molecule has 3 aliphatic rings. The Morgan fingerprint density at radius 1 is 1.21 bits per heavy atom. The average molecular weight is 470 g/mol. The van der Waals surface area contributed by atoms with Gasteiger partial charge in [0.25, 0.3) is 0 Å². The van der Waals surface area contributed by atoms with Gasteiger partial charge in [0.1, 0.15) is 35.1 Å². The van der Waals surface area contributed by atoms with Crippen molar-refractivity contribution in [1.82, 2.24) is 4.90 Å². The van der Waals surface area contributed by atoms with Crippen molar-refractivity contribution < 1.29 is 33.3 Å². The van der Waals surface area contributed by atoms with Crippen LogP contribution in [0.2, 0.25) is 0 Å². The Morgan fingerprint density at radius 3 is 2.65 bits per heavy atom. The summed E-state index contributed by atoms with van der Waals surface area (Å²) in [5.74, 6) is 0.622. The monoisotopic (exact) mass is 470 g/mol. The number of epoxide rings is 1. The van der Waals surface area contributed by atoms with Crippen molar-refractivity contribution in [2.24, 2.45) is 0 Å². The number of piperidine rings is 1. The SMILES string of the molecule is COc1ccc(CN2C(=O)CCc3c(OCC45CCN(C(=O)O)CC4(C)O5)ccc(F)c32)cc1. The Bertz CT molecular complexity index is 1140. The van der Waals surface area contributed by atoms with Crippen LogP contribution in [-0.4, -0.2) is 60.0 Å².